The van der Waals surface area contributed by atoms with Crippen molar-refractivity contribution in [3.8, 4) is 0 Å². The summed E-state index contributed by atoms with van der Waals surface area (Å²) in [5.41, 5.74) is 0.0703. The Labute approximate surface area is 190 Å². The average molecular weight is 469 g/mol. The highest BCUT2D eigenvalue weighted by atomic mass is 19.4. The molecule has 4 rings (SSSR count). The van der Waals surface area contributed by atoms with E-state index in [2.05, 4.69) is 0 Å². The third-order valence-electron chi connectivity index (χ3n) is 5.44. The van der Waals surface area contributed by atoms with Crippen molar-refractivity contribution in [1.29, 1.82) is 0 Å². The van der Waals surface area contributed by atoms with Gasteiger partial charge < -0.3 is 0 Å². The highest BCUT2D eigenvalue weighted by Gasteiger charge is 2.33. The normalized spacial score (nSPS) is 11.5. The lowest BCUT2D eigenvalue weighted by Gasteiger charge is -2.17. The average Bonchev–Trinajstić information content (AvgIpc) is 2.84. The molecule has 3 aromatic carbocycles. The number of hydroxylamine groups is 1. The van der Waals surface area contributed by atoms with Gasteiger partial charge in [0, 0.05) is 5.56 Å². The van der Waals surface area contributed by atoms with Crippen LogP contribution in [0.4, 0.5) is 13.2 Å². The molecule has 2 N–H and O–H groups in total. The zero-order chi connectivity index (χ0) is 24.5. The van der Waals surface area contributed by atoms with Gasteiger partial charge >= 0.3 is 11.9 Å². The topological polar surface area (TPSA) is 93.3 Å². The maximum absolute atomic E-state index is 13.5. The molecule has 1 heterocycles. The molecule has 0 fully saturated rings. The van der Waals surface area contributed by atoms with E-state index in [1.807, 2.05) is 0 Å². The molecule has 0 radical (unpaired) electrons. The van der Waals surface area contributed by atoms with Crippen LogP contribution in [0.5, 0.6) is 0 Å². The van der Waals surface area contributed by atoms with E-state index in [0.29, 0.717) is 11.1 Å². The van der Waals surface area contributed by atoms with Gasteiger partial charge in [-0.05, 0) is 41.5 Å². The Hall–Kier alpha value is -4.18. The van der Waals surface area contributed by atoms with Crippen molar-refractivity contribution in [2.45, 2.75) is 19.3 Å². The van der Waals surface area contributed by atoms with Gasteiger partial charge in [-0.25, -0.2) is 10.3 Å². The highest BCUT2D eigenvalue weighted by molar-refractivity contribution is 5.93. The van der Waals surface area contributed by atoms with E-state index < -0.39 is 35.4 Å². The molecule has 0 bridgehead atoms. The lowest BCUT2D eigenvalue weighted by Crippen LogP contribution is -2.40. The first kappa shape index (κ1) is 23.0. The van der Waals surface area contributed by atoms with Gasteiger partial charge in [0.15, 0.2) is 0 Å². The zero-order valence-corrected chi connectivity index (χ0v) is 17.5. The fourth-order valence-electron chi connectivity index (χ4n) is 3.78. The first-order valence-corrected chi connectivity index (χ1v) is 10.1. The summed E-state index contributed by atoms with van der Waals surface area (Å²) in [6.07, 6.45) is -4.64. The molecule has 10 heteroatoms. The predicted molar refractivity (Wildman–Crippen MR) is 118 cm³/mol. The number of aromatic nitrogens is 2. The molecule has 0 aliphatic carbocycles. The lowest BCUT2D eigenvalue weighted by atomic mass is 10.1. The Morgan fingerprint density at radius 1 is 0.853 bits per heavy atom. The summed E-state index contributed by atoms with van der Waals surface area (Å²) >= 11 is 0. The molecule has 0 spiro atoms. The number of amides is 1. The minimum absolute atomic E-state index is 0.00156. The van der Waals surface area contributed by atoms with E-state index in [0.717, 1.165) is 10.6 Å². The Balaban J connectivity index is 1.84. The van der Waals surface area contributed by atoms with E-state index in [-0.39, 0.29) is 23.1 Å². The number of fused-ring (bicyclic) bond motifs is 1. The zero-order valence-electron chi connectivity index (χ0n) is 17.5. The molecule has 34 heavy (non-hydrogen) atoms. The predicted octanol–water partition coefficient (Wildman–Crippen LogP) is 3.40. The van der Waals surface area contributed by atoms with Crippen LogP contribution < -0.4 is 16.7 Å². The van der Waals surface area contributed by atoms with E-state index in [1.165, 1.54) is 46.4 Å². The molecule has 0 aliphatic heterocycles. The lowest BCUT2D eigenvalue weighted by molar-refractivity contribution is -0.138. The Kier molecular flexibility index (Phi) is 6.08. The first-order valence-electron chi connectivity index (χ1n) is 10.1. The largest absolute Gasteiger partial charge is 0.416 e. The summed E-state index contributed by atoms with van der Waals surface area (Å²) in [7, 11) is 0. The smallest absolute Gasteiger partial charge is 0.289 e. The van der Waals surface area contributed by atoms with E-state index in [1.54, 1.807) is 30.3 Å². The molecule has 0 atom stereocenters. The van der Waals surface area contributed by atoms with Gasteiger partial charge in [0.1, 0.15) is 0 Å². The Bertz CT molecular complexity index is 1490. The van der Waals surface area contributed by atoms with Crippen molar-refractivity contribution >= 4 is 16.8 Å². The molecular formula is C24H18F3N3O4. The van der Waals surface area contributed by atoms with Crippen LogP contribution in [0.15, 0.2) is 82.4 Å². The number of nitrogens with zero attached hydrogens (tertiary/aromatic N) is 2. The fraction of sp³-hybridized carbons (Fsp3) is 0.125. The van der Waals surface area contributed by atoms with Gasteiger partial charge in [0.05, 0.1) is 29.6 Å². The molecule has 174 valence electrons. The molecule has 0 aliphatic rings. The van der Waals surface area contributed by atoms with Gasteiger partial charge in [0.2, 0.25) is 0 Å². The molecular weight excluding hydrogens is 451 g/mol. The first-order chi connectivity index (χ1) is 16.2. The van der Waals surface area contributed by atoms with Gasteiger partial charge in [-0.15, -0.1) is 0 Å². The molecule has 0 unspecified atom stereocenters. The molecule has 7 nitrogen and oxygen atoms in total. The van der Waals surface area contributed by atoms with Crippen molar-refractivity contribution < 1.29 is 23.2 Å². The van der Waals surface area contributed by atoms with Crippen molar-refractivity contribution in [2.75, 3.05) is 0 Å². The molecule has 1 aromatic heterocycles. The molecule has 1 amide bonds. The maximum atomic E-state index is 13.5. The van der Waals surface area contributed by atoms with Crippen LogP contribution in [-0.4, -0.2) is 20.2 Å². The van der Waals surface area contributed by atoms with Crippen molar-refractivity contribution in [2.24, 2.45) is 0 Å². The van der Waals surface area contributed by atoms with Crippen LogP contribution in [0.1, 0.15) is 27.0 Å². The Morgan fingerprint density at radius 2 is 1.50 bits per heavy atom. The SMILES string of the molecule is O=C(NO)c1ccc(Cn2c(=O)n(Cc3ccccc3C(F)(F)F)c(=O)c3ccccc32)cc1. The number of carbonyl (C=O) groups excluding carboxylic acids is 1. The summed E-state index contributed by atoms with van der Waals surface area (Å²) in [6.45, 7) is -0.546. The molecule has 0 saturated carbocycles. The number of halogens is 3. The van der Waals surface area contributed by atoms with Gasteiger partial charge in [-0.3, -0.25) is 23.9 Å². The van der Waals surface area contributed by atoms with Crippen molar-refractivity contribution in [1.82, 2.24) is 14.6 Å². The van der Waals surface area contributed by atoms with Gasteiger partial charge in [-0.1, -0.05) is 42.5 Å². The number of rotatable bonds is 5. The van der Waals surface area contributed by atoms with Crippen molar-refractivity contribution in [3.05, 3.63) is 116 Å². The second kappa shape index (κ2) is 8.99. The third-order valence-corrected chi connectivity index (χ3v) is 5.44. The summed E-state index contributed by atoms with van der Waals surface area (Å²) < 4.78 is 42.5. The second-order valence-corrected chi connectivity index (χ2v) is 7.57. The van der Waals surface area contributed by atoms with E-state index in [4.69, 9.17) is 5.21 Å². The molecule has 4 aromatic rings. The number of alkyl halides is 3. The summed E-state index contributed by atoms with van der Waals surface area (Å²) in [4.78, 5) is 37.9. The standard InChI is InChI=1S/C24H18F3N3O4/c25-24(26,27)19-7-3-1-5-17(19)14-30-22(32)18-6-2-4-8-20(18)29(23(30)33)13-15-9-11-16(12-10-15)21(31)28-34/h1-12,34H,13-14H2,(H,28,31). The maximum Gasteiger partial charge on any atom is 0.416 e. The van der Waals surface area contributed by atoms with Crippen LogP contribution in [0.3, 0.4) is 0 Å². The summed E-state index contributed by atoms with van der Waals surface area (Å²) in [5, 5.41) is 8.93. The number of carbonyl (C=O) groups is 1. The fourth-order valence-corrected chi connectivity index (χ4v) is 3.78. The number of para-hydroxylation sites is 1. The van der Waals surface area contributed by atoms with Crippen LogP contribution >= 0.6 is 0 Å². The summed E-state index contributed by atoms with van der Waals surface area (Å²) in [6, 6.07) is 17.2. The van der Waals surface area contributed by atoms with Crippen LogP contribution in [0, 0.1) is 0 Å². The molecule has 0 saturated heterocycles. The van der Waals surface area contributed by atoms with Crippen LogP contribution in [-0.2, 0) is 19.3 Å². The quantitative estimate of drug-likeness (QED) is 0.346. The number of hydrogen-bond donors (Lipinski definition) is 2. The second-order valence-electron chi connectivity index (χ2n) is 7.57. The Morgan fingerprint density at radius 3 is 2.18 bits per heavy atom. The number of hydrogen-bond acceptors (Lipinski definition) is 4. The monoisotopic (exact) mass is 469 g/mol. The van der Waals surface area contributed by atoms with Gasteiger partial charge in [0.25, 0.3) is 11.5 Å². The third kappa shape index (κ3) is 4.35. The van der Waals surface area contributed by atoms with Crippen LogP contribution in [0.25, 0.3) is 10.9 Å². The van der Waals surface area contributed by atoms with Crippen LogP contribution in [0.2, 0.25) is 0 Å². The number of nitrogens with one attached hydrogen (secondary N) is 1. The summed E-state index contributed by atoms with van der Waals surface area (Å²) in [5.74, 6) is -0.703. The van der Waals surface area contributed by atoms with E-state index >= 15 is 0 Å². The minimum Gasteiger partial charge on any atom is -0.289 e. The minimum atomic E-state index is -4.64. The van der Waals surface area contributed by atoms with E-state index in [9.17, 15) is 27.6 Å². The highest BCUT2D eigenvalue weighted by Crippen LogP contribution is 2.32. The number of benzene rings is 3. The van der Waals surface area contributed by atoms with Gasteiger partial charge in [-0.2, -0.15) is 13.2 Å². The van der Waals surface area contributed by atoms with Crippen molar-refractivity contribution in [3.63, 3.8) is 0 Å².